The first-order chi connectivity index (χ1) is 12.9. The van der Waals surface area contributed by atoms with E-state index >= 15 is 0 Å². The number of carbonyl (C=O) groups excluding carboxylic acids is 1. The Bertz CT molecular complexity index is 604. The van der Waals surface area contributed by atoms with Gasteiger partial charge in [0.15, 0.2) is 0 Å². The summed E-state index contributed by atoms with van der Waals surface area (Å²) >= 11 is 1.48. The zero-order chi connectivity index (χ0) is 19.8. The number of aliphatic hydroxyl groups excluding tert-OH is 2. The zero-order valence-electron chi connectivity index (χ0n) is 15.8. The molecule has 0 aromatic heterocycles. The van der Waals surface area contributed by atoms with Gasteiger partial charge < -0.3 is 15.3 Å². The largest absolute Gasteiger partial charge is 0.481 e. The summed E-state index contributed by atoms with van der Waals surface area (Å²) in [6.07, 6.45) is 2.93. The number of thioether (sulfide) groups is 1. The molecule has 0 spiro atoms. The van der Waals surface area contributed by atoms with Crippen molar-refractivity contribution in [1.29, 1.82) is 0 Å². The first-order valence-corrected chi connectivity index (χ1v) is 10.7. The minimum atomic E-state index is -0.801. The van der Waals surface area contributed by atoms with Crippen LogP contribution in [0.2, 0.25) is 0 Å². The number of aliphatic hydroxyl groups is 2. The van der Waals surface area contributed by atoms with Crippen molar-refractivity contribution in [3.63, 3.8) is 0 Å². The van der Waals surface area contributed by atoms with E-state index in [0.717, 1.165) is 31.2 Å². The van der Waals surface area contributed by atoms with E-state index in [1.165, 1.54) is 11.8 Å². The normalized spacial score (nSPS) is 24.7. The number of benzene rings is 1. The molecule has 5 atom stereocenters. The molecule has 1 saturated carbocycles. The molecule has 6 heteroatoms. The number of unbranched alkanes of at least 4 members (excludes halogenated alkanes) is 2. The summed E-state index contributed by atoms with van der Waals surface area (Å²) in [4.78, 5) is 23.7. The van der Waals surface area contributed by atoms with Crippen LogP contribution in [0.3, 0.4) is 0 Å². The number of carbonyl (C=O) groups is 2. The van der Waals surface area contributed by atoms with Gasteiger partial charge in [-0.2, -0.15) is 11.8 Å². The predicted molar refractivity (Wildman–Crippen MR) is 107 cm³/mol. The Morgan fingerprint density at radius 2 is 1.93 bits per heavy atom. The fraction of sp³-hybridized carbons (Fsp3) is 0.619. The zero-order valence-corrected chi connectivity index (χ0v) is 16.6. The van der Waals surface area contributed by atoms with Crippen molar-refractivity contribution in [2.75, 3.05) is 5.75 Å². The molecule has 5 nitrogen and oxygen atoms in total. The number of aliphatic carboxylic acids is 1. The van der Waals surface area contributed by atoms with Crippen LogP contribution in [0.25, 0.3) is 0 Å². The Hall–Kier alpha value is -1.37. The lowest BCUT2D eigenvalue weighted by Gasteiger charge is -2.21. The minimum Gasteiger partial charge on any atom is -0.481 e. The second-order valence-electron chi connectivity index (χ2n) is 7.43. The van der Waals surface area contributed by atoms with E-state index in [4.69, 9.17) is 0 Å². The number of carboxylic acid groups (broad SMARTS) is 1. The third-order valence-corrected chi connectivity index (χ3v) is 6.84. The van der Waals surface area contributed by atoms with Gasteiger partial charge in [-0.1, -0.05) is 49.6 Å². The van der Waals surface area contributed by atoms with E-state index in [0.29, 0.717) is 12.2 Å². The van der Waals surface area contributed by atoms with Gasteiger partial charge in [0.2, 0.25) is 0 Å². The standard InChI is InChI=1S/C21H30O5S/c1-14(22)13-27-20-17(18(23)12-19(20)24)11-7-3-6-10-16(21(25)26)15-8-4-2-5-9-15/h2,4-5,8-9,14,16-17,19-20,22,24H,3,6-7,10-13H2,1H3,(H,25,26)/t14?,16?,17-,19?,20+/m0/s1. The average Bonchev–Trinajstić information content (AvgIpc) is 2.89. The molecular weight excluding hydrogens is 364 g/mol. The topological polar surface area (TPSA) is 94.8 Å². The Balaban J connectivity index is 1.77. The number of ketones is 1. The van der Waals surface area contributed by atoms with E-state index in [2.05, 4.69) is 0 Å². The van der Waals surface area contributed by atoms with Crippen molar-refractivity contribution in [3.8, 4) is 0 Å². The van der Waals surface area contributed by atoms with E-state index in [1.807, 2.05) is 30.3 Å². The summed E-state index contributed by atoms with van der Waals surface area (Å²) in [5, 5.41) is 28.9. The molecule has 0 bridgehead atoms. The van der Waals surface area contributed by atoms with Gasteiger partial charge in [0, 0.05) is 23.3 Å². The molecule has 27 heavy (non-hydrogen) atoms. The highest BCUT2D eigenvalue weighted by molar-refractivity contribution is 8.00. The Morgan fingerprint density at radius 1 is 1.22 bits per heavy atom. The lowest BCUT2D eigenvalue weighted by Crippen LogP contribution is -2.25. The fourth-order valence-corrected chi connectivity index (χ4v) is 5.07. The smallest absolute Gasteiger partial charge is 0.310 e. The maximum atomic E-state index is 12.2. The number of hydrogen-bond donors (Lipinski definition) is 3. The van der Waals surface area contributed by atoms with Crippen LogP contribution in [-0.4, -0.2) is 50.3 Å². The molecular formula is C21H30O5S. The van der Waals surface area contributed by atoms with Crippen molar-refractivity contribution in [2.24, 2.45) is 5.92 Å². The van der Waals surface area contributed by atoms with Crippen LogP contribution in [0, 0.1) is 5.92 Å². The lowest BCUT2D eigenvalue weighted by atomic mass is 9.92. The summed E-state index contributed by atoms with van der Waals surface area (Å²) in [5.74, 6) is -0.824. The van der Waals surface area contributed by atoms with E-state index in [1.54, 1.807) is 6.92 Å². The van der Waals surface area contributed by atoms with Crippen LogP contribution in [0.4, 0.5) is 0 Å². The molecule has 0 heterocycles. The number of hydrogen-bond acceptors (Lipinski definition) is 5. The van der Waals surface area contributed by atoms with Gasteiger partial charge in [-0.25, -0.2) is 0 Å². The number of carboxylic acids is 1. The second kappa shape index (κ2) is 10.8. The van der Waals surface area contributed by atoms with Crippen molar-refractivity contribution in [1.82, 2.24) is 0 Å². The molecule has 1 aromatic rings. The van der Waals surface area contributed by atoms with Crippen molar-refractivity contribution in [3.05, 3.63) is 35.9 Å². The van der Waals surface area contributed by atoms with Gasteiger partial charge in [-0.3, -0.25) is 9.59 Å². The monoisotopic (exact) mass is 394 g/mol. The third-order valence-electron chi connectivity index (χ3n) is 5.14. The first-order valence-electron chi connectivity index (χ1n) is 9.68. The molecule has 1 aliphatic rings. The molecule has 0 aliphatic heterocycles. The van der Waals surface area contributed by atoms with Gasteiger partial charge in [0.1, 0.15) is 5.78 Å². The molecule has 150 valence electrons. The summed E-state index contributed by atoms with van der Waals surface area (Å²) in [6.45, 7) is 1.71. The van der Waals surface area contributed by atoms with Crippen molar-refractivity contribution < 1.29 is 24.9 Å². The van der Waals surface area contributed by atoms with Gasteiger partial charge in [0.25, 0.3) is 0 Å². The van der Waals surface area contributed by atoms with Crippen molar-refractivity contribution >= 4 is 23.5 Å². The molecule has 2 rings (SSSR count). The highest BCUT2D eigenvalue weighted by Gasteiger charge is 2.41. The first kappa shape index (κ1) is 21.9. The highest BCUT2D eigenvalue weighted by Crippen LogP contribution is 2.36. The van der Waals surface area contributed by atoms with Crippen LogP contribution in [-0.2, 0) is 9.59 Å². The van der Waals surface area contributed by atoms with Gasteiger partial charge in [0.05, 0.1) is 18.1 Å². The van der Waals surface area contributed by atoms with Crippen LogP contribution < -0.4 is 0 Å². The molecule has 0 saturated heterocycles. The van der Waals surface area contributed by atoms with Crippen LogP contribution in [0.5, 0.6) is 0 Å². The highest BCUT2D eigenvalue weighted by atomic mass is 32.2. The number of Topliss-reactive ketones (excluding diaryl/α,β-unsaturated/α-hetero) is 1. The number of rotatable bonds is 11. The van der Waals surface area contributed by atoms with E-state index in [-0.39, 0.29) is 23.4 Å². The maximum Gasteiger partial charge on any atom is 0.310 e. The van der Waals surface area contributed by atoms with Gasteiger partial charge in [-0.15, -0.1) is 0 Å². The summed E-state index contributed by atoms with van der Waals surface area (Å²) < 4.78 is 0. The van der Waals surface area contributed by atoms with Crippen LogP contribution >= 0.6 is 11.8 Å². The SMILES string of the molecule is CC(O)CS[C@H]1C(O)CC(=O)[C@@H]1CCCCCC(C(=O)O)c1ccccc1. The summed E-state index contributed by atoms with van der Waals surface area (Å²) in [6, 6.07) is 9.28. The summed E-state index contributed by atoms with van der Waals surface area (Å²) in [7, 11) is 0. The predicted octanol–water partition coefficient (Wildman–Crippen LogP) is 3.24. The van der Waals surface area contributed by atoms with Gasteiger partial charge >= 0.3 is 5.97 Å². The molecule has 1 aliphatic carbocycles. The Labute approximate surface area is 165 Å². The molecule has 0 radical (unpaired) electrons. The average molecular weight is 395 g/mol. The summed E-state index contributed by atoms with van der Waals surface area (Å²) in [5.41, 5.74) is 0.827. The van der Waals surface area contributed by atoms with Gasteiger partial charge in [-0.05, 0) is 25.3 Å². The molecule has 1 fully saturated rings. The second-order valence-corrected chi connectivity index (χ2v) is 8.64. The van der Waals surface area contributed by atoms with E-state index in [9.17, 15) is 24.9 Å². The molecule has 3 N–H and O–H groups in total. The van der Waals surface area contributed by atoms with Crippen molar-refractivity contribution in [2.45, 2.75) is 68.8 Å². The lowest BCUT2D eigenvalue weighted by molar-refractivity contribution is -0.139. The van der Waals surface area contributed by atoms with Crippen LogP contribution in [0.1, 0.15) is 56.9 Å². The Morgan fingerprint density at radius 3 is 2.56 bits per heavy atom. The molecule has 1 aromatic carbocycles. The third kappa shape index (κ3) is 6.63. The van der Waals surface area contributed by atoms with E-state index < -0.39 is 24.1 Å². The molecule has 3 unspecified atom stereocenters. The fourth-order valence-electron chi connectivity index (χ4n) is 3.74. The Kier molecular flexibility index (Phi) is 8.80. The quantitative estimate of drug-likeness (QED) is 0.499. The molecule has 0 amide bonds. The van der Waals surface area contributed by atoms with Crippen LogP contribution in [0.15, 0.2) is 30.3 Å². The maximum absolute atomic E-state index is 12.2. The minimum absolute atomic E-state index is 0.110.